The van der Waals surface area contributed by atoms with Crippen LogP contribution in [-0.4, -0.2) is 39.0 Å². The highest BCUT2D eigenvalue weighted by Crippen LogP contribution is 2.25. The number of hydrogen-bond acceptors (Lipinski definition) is 4. The van der Waals surface area contributed by atoms with Crippen molar-refractivity contribution in [3.63, 3.8) is 0 Å². The van der Waals surface area contributed by atoms with Gasteiger partial charge in [0.1, 0.15) is 0 Å². The van der Waals surface area contributed by atoms with E-state index in [1.165, 1.54) is 19.3 Å². The molecule has 2 aliphatic heterocycles. The van der Waals surface area contributed by atoms with Crippen LogP contribution in [0.5, 0.6) is 0 Å². The van der Waals surface area contributed by atoms with E-state index in [9.17, 15) is 0 Å². The van der Waals surface area contributed by atoms with Crippen molar-refractivity contribution in [1.82, 2.24) is 0 Å². The van der Waals surface area contributed by atoms with E-state index in [1.807, 2.05) is 0 Å². The molecule has 2 heterocycles. The summed E-state index contributed by atoms with van der Waals surface area (Å²) >= 11 is 0. The lowest BCUT2D eigenvalue weighted by atomic mass is 10.0. The topological polar surface area (TPSA) is 36.9 Å². The fourth-order valence-electron chi connectivity index (χ4n) is 2.66. The van der Waals surface area contributed by atoms with E-state index in [1.54, 1.807) is 0 Å². The van der Waals surface area contributed by atoms with Crippen molar-refractivity contribution >= 4 is 0 Å². The van der Waals surface area contributed by atoms with Crippen molar-refractivity contribution in [1.29, 1.82) is 0 Å². The zero-order valence-electron chi connectivity index (χ0n) is 12.3. The molecule has 4 heteroatoms. The zero-order chi connectivity index (χ0) is 13.5. The molecule has 0 radical (unpaired) electrons. The standard InChI is InChI=1S/C15H28O4/c1-3-5-7-14-16-10-13(11-17-14)15-18-8-12(6-4-2)9-19-15/h12-15H,3-11H2,1-2H3/t12-,13?,14?,15-. The molecular weight excluding hydrogens is 244 g/mol. The summed E-state index contributed by atoms with van der Waals surface area (Å²) in [7, 11) is 0. The first-order chi connectivity index (χ1) is 9.33. The van der Waals surface area contributed by atoms with Crippen LogP contribution in [-0.2, 0) is 18.9 Å². The molecule has 0 spiro atoms. The van der Waals surface area contributed by atoms with E-state index in [0.29, 0.717) is 19.1 Å². The first kappa shape index (κ1) is 15.2. The van der Waals surface area contributed by atoms with Gasteiger partial charge in [-0.2, -0.15) is 0 Å². The minimum Gasteiger partial charge on any atom is -0.352 e. The van der Waals surface area contributed by atoms with E-state index in [0.717, 1.165) is 26.1 Å². The summed E-state index contributed by atoms with van der Waals surface area (Å²) < 4.78 is 23.1. The highest BCUT2D eigenvalue weighted by atomic mass is 16.7. The zero-order valence-corrected chi connectivity index (χ0v) is 12.3. The molecule has 0 amide bonds. The molecule has 0 unspecified atom stereocenters. The molecule has 2 rings (SSSR count). The number of hydrogen-bond donors (Lipinski definition) is 0. The predicted octanol–water partition coefficient (Wildman–Crippen LogP) is 2.95. The Labute approximate surface area is 116 Å². The first-order valence-electron chi connectivity index (χ1n) is 7.79. The van der Waals surface area contributed by atoms with Gasteiger partial charge >= 0.3 is 0 Å². The van der Waals surface area contributed by atoms with Gasteiger partial charge in [0.2, 0.25) is 0 Å². The van der Waals surface area contributed by atoms with Gasteiger partial charge in [-0.05, 0) is 19.3 Å². The molecule has 0 aromatic rings. The van der Waals surface area contributed by atoms with Crippen molar-refractivity contribution in [3.05, 3.63) is 0 Å². The molecule has 0 bridgehead atoms. The smallest absolute Gasteiger partial charge is 0.164 e. The summed E-state index contributed by atoms with van der Waals surface area (Å²) in [4.78, 5) is 0. The van der Waals surface area contributed by atoms with Crippen LogP contribution in [0.15, 0.2) is 0 Å². The quantitative estimate of drug-likeness (QED) is 0.745. The van der Waals surface area contributed by atoms with Crippen molar-refractivity contribution in [2.75, 3.05) is 26.4 Å². The Bertz CT molecular complexity index is 230. The Balaban J connectivity index is 1.65. The maximum Gasteiger partial charge on any atom is 0.164 e. The summed E-state index contributed by atoms with van der Waals surface area (Å²) in [5.41, 5.74) is 0. The molecule has 0 atom stereocenters. The van der Waals surface area contributed by atoms with Crippen molar-refractivity contribution < 1.29 is 18.9 Å². The summed E-state index contributed by atoms with van der Waals surface area (Å²) in [6.45, 7) is 7.39. The van der Waals surface area contributed by atoms with E-state index < -0.39 is 0 Å². The van der Waals surface area contributed by atoms with E-state index in [-0.39, 0.29) is 18.5 Å². The highest BCUT2D eigenvalue weighted by molar-refractivity contribution is 4.71. The average Bonchev–Trinajstić information content (AvgIpc) is 2.47. The molecule has 0 N–H and O–H groups in total. The molecule has 2 fully saturated rings. The minimum absolute atomic E-state index is 0.0207. The minimum atomic E-state index is -0.139. The molecule has 19 heavy (non-hydrogen) atoms. The van der Waals surface area contributed by atoms with Crippen LogP contribution in [0.4, 0.5) is 0 Å². The SMILES string of the molecule is CCCCC1OCC([C@H]2OC[C@H](CCC)CO2)CO1. The van der Waals surface area contributed by atoms with Gasteiger partial charge in [-0.1, -0.05) is 26.7 Å². The van der Waals surface area contributed by atoms with Gasteiger partial charge in [0.15, 0.2) is 12.6 Å². The number of ether oxygens (including phenoxy) is 4. The van der Waals surface area contributed by atoms with Crippen molar-refractivity contribution in [2.45, 2.75) is 58.5 Å². The van der Waals surface area contributed by atoms with Crippen LogP contribution in [0, 0.1) is 11.8 Å². The normalized spacial score (nSPS) is 36.3. The van der Waals surface area contributed by atoms with Crippen LogP contribution in [0.1, 0.15) is 46.0 Å². The lowest BCUT2D eigenvalue weighted by molar-refractivity contribution is -0.281. The monoisotopic (exact) mass is 272 g/mol. The van der Waals surface area contributed by atoms with Gasteiger partial charge < -0.3 is 18.9 Å². The molecule has 0 saturated carbocycles. The maximum absolute atomic E-state index is 5.82. The lowest BCUT2D eigenvalue weighted by Gasteiger charge is -2.37. The molecule has 2 saturated heterocycles. The Morgan fingerprint density at radius 1 is 0.789 bits per heavy atom. The molecule has 112 valence electrons. The largest absolute Gasteiger partial charge is 0.352 e. The third-order valence-electron chi connectivity index (χ3n) is 3.86. The van der Waals surface area contributed by atoms with Crippen LogP contribution < -0.4 is 0 Å². The van der Waals surface area contributed by atoms with Gasteiger partial charge in [0, 0.05) is 5.92 Å². The number of rotatable bonds is 6. The van der Waals surface area contributed by atoms with Crippen molar-refractivity contribution in [3.8, 4) is 0 Å². The summed E-state index contributed by atoms with van der Waals surface area (Å²) in [6.07, 6.45) is 5.55. The Hall–Kier alpha value is -0.160. The van der Waals surface area contributed by atoms with Gasteiger partial charge in [-0.25, -0.2) is 0 Å². The van der Waals surface area contributed by atoms with Gasteiger partial charge in [-0.3, -0.25) is 0 Å². The van der Waals surface area contributed by atoms with Crippen LogP contribution in [0.2, 0.25) is 0 Å². The van der Waals surface area contributed by atoms with Gasteiger partial charge in [-0.15, -0.1) is 0 Å². The van der Waals surface area contributed by atoms with Crippen LogP contribution >= 0.6 is 0 Å². The Kier molecular flexibility index (Phi) is 6.57. The van der Waals surface area contributed by atoms with E-state index >= 15 is 0 Å². The number of unbranched alkanes of at least 4 members (excludes halogenated alkanes) is 1. The second-order valence-electron chi connectivity index (χ2n) is 5.69. The molecule has 4 nitrogen and oxygen atoms in total. The van der Waals surface area contributed by atoms with Crippen LogP contribution in [0.3, 0.4) is 0 Å². The predicted molar refractivity (Wildman–Crippen MR) is 72.8 cm³/mol. The van der Waals surface area contributed by atoms with Crippen LogP contribution in [0.25, 0.3) is 0 Å². The average molecular weight is 272 g/mol. The van der Waals surface area contributed by atoms with E-state index in [2.05, 4.69) is 13.8 Å². The van der Waals surface area contributed by atoms with Gasteiger partial charge in [0.05, 0.1) is 32.3 Å². The fraction of sp³-hybridized carbons (Fsp3) is 1.00. The lowest BCUT2D eigenvalue weighted by Crippen LogP contribution is -2.44. The fourth-order valence-corrected chi connectivity index (χ4v) is 2.66. The third-order valence-corrected chi connectivity index (χ3v) is 3.86. The second-order valence-corrected chi connectivity index (χ2v) is 5.69. The third kappa shape index (κ3) is 4.71. The molecule has 0 aromatic heterocycles. The molecule has 0 aromatic carbocycles. The summed E-state index contributed by atoms with van der Waals surface area (Å²) in [5, 5.41) is 0. The summed E-state index contributed by atoms with van der Waals surface area (Å²) in [6, 6.07) is 0. The maximum atomic E-state index is 5.82. The van der Waals surface area contributed by atoms with Gasteiger partial charge in [0.25, 0.3) is 0 Å². The first-order valence-corrected chi connectivity index (χ1v) is 7.79. The highest BCUT2D eigenvalue weighted by Gasteiger charge is 2.33. The van der Waals surface area contributed by atoms with E-state index in [4.69, 9.17) is 18.9 Å². The Morgan fingerprint density at radius 3 is 2.05 bits per heavy atom. The molecular formula is C15H28O4. The molecule has 2 aliphatic rings. The molecule has 0 aliphatic carbocycles. The van der Waals surface area contributed by atoms with Crippen molar-refractivity contribution in [2.24, 2.45) is 11.8 Å². The second kappa shape index (κ2) is 8.20. The summed E-state index contributed by atoms with van der Waals surface area (Å²) in [5.74, 6) is 0.782. The Morgan fingerprint density at radius 2 is 1.47 bits per heavy atom.